The molecule has 1 aromatic carbocycles. The van der Waals surface area contributed by atoms with Crippen molar-refractivity contribution in [1.82, 2.24) is 4.98 Å². The van der Waals surface area contributed by atoms with Crippen molar-refractivity contribution in [3.05, 3.63) is 45.4 Å². The van der Waals surface area contributed by atoms with Gasteiger partial charge in [-0.15, -0.1) is 11.3 Å². The topological polar surface area (TPSA) is 68.0 Å². The van der Waals surface area contributed by atoms with Crippen LogP contribution in [-0.4, -0.2) is 10.9 Å². The number of carbonyl (C=O) groups excluding carboxylic acids is 1. The molecule has 0 saturated carbocycles. The molecule has 1 amide bonds. The predicted molar refractivity (Wildman–Crippen MR) is 78.9 cm³/mol. The van der Waals surface area contributed by atoms with Crippen LogP contribution in [-0.2, 0) is 6.18 Å². The molecule has 0 aliphatic heterocycles. The third kappa shape index (κ3) is 3.63. The first-order valence-electron chi connectivity index (χ1n) is 6.39. The molecular formula is C14H14F3N3OS. The zero-order chi connectivity index (χ0) is 16.5. The fraction of sp³-hybridized carbons (Fsp3) is 0.286. The molecule has 0 aliphatic rings. The standard InChI is InChI=1S/C14H14F3N3OS/c1-7-3-4-9(5-10(7)14(15,16)17)20-12(21)11-6-19-13(22-11)8(2)18/h3-6,8H,18H2,1-2H3,(H,20,21). The molecule has 1 aromatic heterocycles. The number of aryl methyl sites for hydroxylation is 1. The molecule has 1 atom stereocenters. The SMILES string of the molecule is Cc1ccc(NC(=O)c2cnc(C(C)N)s2)cc1C(F)(F)F. The van der Waals surface area contributed by atoms with E-state index in [1.54, 1.807) is 6.92 Å². The van der Waals surface area contributed by atoms with Crippen molar-refractivity contribution < 1.29 is 18.0 Å². The molecule has 22 heavy (non-hydrogen) atoms. The Morgan fingerprint density at radius 1 is 1.41 bits per heavy atom. The van der Waals surface area contributed by atoms with Gasteiger partial charge in [-0.05, 0) is 31.5 Å². The van der Waals surface area contributed by atoms with E-state index in [0.717, 1.165) is 17.4 Å². The Labute approximate surface area is 129 Å². The normalized spacial score (nSPS) is 13.0. The maximum Gasteiger partial charge on any atom is 0.416 e. The first kappa shape index (κ1) is 16.4. The van der Waals surface area contributed by atoms with Crippen LogP contribution < -0.4 is 11.1 Å². The first-order valence-corrected chi connectivity index (χ1v) is 7.20. The summed E-state index contributed by atoms with van der Waals surface area (Å²) in [4.78, 5) is 16.3. The maximum atomic E-state index is 12.8. The molecule has 0 aliphatic carbocycles. The van der Waals surface area contributed by atoms with Crippen LogP contribution in [0.3, 0.4) is 0 Å². The smallest absolute Gasteiger partial charge is 0.322 e. The molecule has 3 N–H and O–H groups in total. The lowest BCUT2D eigenvalue weighted by molar-refractivity contribution is -0.138. The van der Waals surface area contributed by atoms with Gasteiger partial charge >= 0.3 is 6.18 Å². The molecule has 0 fully saturated rings. The van der Waals surface area contributed by atoms with E-state index in [-0.39, 0.29) is 17.3 Å². The highest BCUT2D eigenvalue weighted by Crippen LogP contribution is 2.33. The summed E-state index contributed by atoms with van der Waals surface area (Å²) >= 11 is 1.11. The number of alkyl halides is 3. The van der Waals surface area contributed by atoms with E-state index >= 15 is 0 Å². The molecule has 0 bridgehead atoms. The number of anilines is 1. The van der Waals surface area contributed by atoms with Crippen molar-refractivity contribution in [2.75, 3.05) is 5.32 Å². The monoisotopic (exact) mass is 329 g/mol. The minimum absolute atomic E-state index is 0.0821. The quantitative estimate of drug-likeness (QED) is 0.901. The van der Waals surface area contributed by atoms with Gasteiger partial charge in [0.05, 0.1) is 17.8 Å². The van der Waals surface area contributed by atoms with Gasteiger partial charge in [0, 0.05) is 5.69 Å². The highest BCUT2D eigenvalue weighted by Gasteiger charge is 2.32. The number of carbonyl (C=O) groups is 1. The van der Waals surface area contributed by atoms with Gasteiger partial charge in [-0.3, -0.25) is 4.79 Å². The van der Waals surface area contributed by atoms with Crippen LogP contribution in [0.1, 0.15) is 38.8 Å². The molecule has 0 spiro atoms. The molecular weight excluding hydrogens is 315 g/mol. The van der Waals surface area contributed by atoms with E-state index in [4.69, 9.17) is 5.73 Å². The average Bonchev–Trinajstić information content (AvgIpc) is 2.89. The summed E-state index contributed by atoms with van der Waals surface area (Å²) in [5.41, 5.74) is 5.06. The molecule has 1 unspecified atom stereocenters. The third-order valence-electron chi connectivity index (χ3n) is 2.94. The van der Waals surface area contributed by atoms with Crippen LogP contribution in [0.5, 0.6) is 0 Å². The van der Waals surface area contributed by atoms with E-state index in [0.29, 0.717) is 9.88 Å². The van der Waals surface area contributed by atoms with Gasteiger partial charge in [0.25, 0.3) is 5.91 Å². The number of hydrogen-bond donors (Lipinski definition) is 2. The Morgan fingerprint density at radius 2 is 2.09 bits per heavy atom. The van der Waals surface area contributed by atoms with E-state index in [9.17, 15) is 18.0 Å². The number of benzene rings is 1. The number of aromatic nitrogens is 1. The van der Waals surface area contributed by atoms with Crippen LogP contribution in [0.2, 0.25) is 0 Å². The lowest BCUT2D eigenvalue weighted by Gasteiger charge is -2.12. The van der Waals surface area contributed by atoms with Crippen LogP contribution in [0, 0.1) is 6.92 Å². The minimum Gasteiger partial charge on any atom is -0.322 e. The highest BCUT2D eigenvalue weighted by molar-refractivity contribution is 7.13. The van der Waals surface area contributed by atoms with Gasteiger partial charge in [0.2, 0.25) is 0 Å². The van der Waals surface area contributed by atoms with Crippen LogP contribution in [0.4, 0.5) is 18.9 Å². The van der Waals surface area contributed by atoms with E-state index in [1.165, 1.54) is 25.3 Å². The second kappa shape index (κ2) is 6.05. The van der Waals surface area contributed by atoms with Gasteiger partial charge in [0.1, 0.15) is 9.88 Å². The van der Waals surface area contributed by atoms with Gasteiger partial charge < -0.3 is 11.1 Å². The van der Waals surface area contributed by atoms with Gasteiger partial charge in [-0.25, -0.2) is 4.98 Å². The van der Waals surface area contributed by atoms with E-state index in [2.05, 4.69) is 10.3 Å². The summed E-state index contributed by atoms with van der Waals surface area (Å²) in [7, 11) is 0. The number of nitrogens with two attached hydrogens (primary N) is 1. The van der Waals surface area contributed by atoms with Crippen LogP contribution >= 0.6 is 11.3 Å². The molecule has 2 aromatic rings. The molecule has 0 radical (unpaired) electrons. The highest BCUT2D eigenvalue weighted by atomic mass is 32.1. The summed E-state index contributed by atoms with van der Waals surface area (Å²) in [6, 6.07) is 3.36. The molecule has 8 heteroatoms. The second-order valence-corrected chi connectivity index (χ2v) is 5.90. The summed E-state index contributed by atoms with van der Waals surface area (Å²) in [6.45, 7) is 3.10. The number of hydrogen-bond acceptors (Lipinski definition) is 4. The summed E-state index contributed by atoms with van der Waals surface area (Å²) in [6.07, 6.45) is -3.10. The number of amides is 1. The Kier molecular flexibility index (Phi) is 4.52. The minimum atomic E-state index is -4.46. The summed E-state index contributed by atoms with van der Waals surface area (Å²) in [5.74, 6) is -0.513. The van der Waals surface area contributed by atoms with Crippen molar-refractivity contribution in [3.8, 4) is 0 Å². The second-order valence-electron chi connectivity index (χ2n) is 4.83. The van der Waals surface area contributed by atoms with Crippen molar-refractivity contribution in [1.29, 1.82) is 0 Å². The van der Waals surface area contributed by atoms with Gasteiger partial charge in [-0.1, -0.05) is 6.07 Å². The molecule has 4 nitrogen and oxygen atoms in total. The van der Waals surface area contributed by atoms with Gasteiger partial charge in [-0.2, -0.15) is 13.2 Å². The van der Waals surface area contributed by atoms with E-state index < -0.39 is 17.6 Å². The van der Waals surface area contributed by atoms with Crippen molar-refractivity contribution >= 4 is 22.9 Å². The Hall–Kier alpha value is -1.93. The fourth-order valence-electron chi connectivity index (χ4n) is 1.80. The zero-order valence-corrected chi connectivity index (χ0v) is 12.7. The summed E-state index contributed by atoms with van der Waals surface area (Å²) in [5, 5.41) is 3.03. The fourth-order valence-corrected chi connectivity index (χ4v) is 2.57. The number of nitrogens with zero attached hydrogens (tertiary/aromatic N) is 1. The Bertz CT molecular complexity index is 695. The number of thiazole rings is 1. The van der Waals surface area contributed by atoms with Crippen molar-refractivity contribution in [3.63, 3.8) is 0 Å². The lowest BCUT2D eigenvalue weighted by atomic mass is 10.1. The lowest BCUT2D eigenvalue weighted by Crippen LogP contribution is -2.13. The Balaban J connectivity index is 2.21. The molecule has 2 rings (SSSR count). The van der Waals surface area contributed by atoms with Crippen molar-refractivity contribution in [2.24, 2.45) is 5.73 Å². The maximum absolute atomic E-state index is 12.8. The molecule has 118 valence electrons. The number of rotatable bonds is 3. The first-order chi connectivity index (χ1) is 10.2. The Morgan fingerprint density at radius 3 is 2.64 bits per heavy atom. The van der Waals surface area contributed by atoms with E-state index in [1.807, 2.05) is 0 Å². The predicted octanol–water partition coefficient (Wildman–Crippen LogP) is 3.74. The van der Waals surface area contributed by atoms with Crippen LogP contribution in [0.25, 0.3) is 0 Å². The van der Waals surface area contributed by atoms with Gasteiger partial charge in [0.15, 0.2) is 0 Å². The average molecular weight is 329 g/mol. The zero-order valence-electron chi connectivity index (χ0n) is 11.9. The third-order valence-corrected chi connectivity index (χ3v) is 4.13. The molecule has 1 heterocycles. The van der Waals surface area contributed by atoms with Crippen molar-refractivity contribution in [2.45, 2.75) is 26.1 Å². The largest absolute Gasteiger partial charge is 0.416 e. The van der Waals surface area contributed by atoms with Crippen LogP contribution in [0.15, 0.2) is 24.4 Å². The number of halogens is 3. The number of nitrogens with one attached hydrogen (secondary N) is 1. The molecule has 0 saturated heterocycles. The summed E-state index contributed by atoms with van der Waals surface area (Å²) < 4.78 is 38.5.